The van der Waals surface area contributed by atoms with E-state index in [1.165, 1.54) is 30.3 Å². The maximum absolute atomic E-state index is 13.3. The van der Waals surface area contributed by atoms with Gasteiger partial charge >= 0.3 is 5.97 Å². The predicted molar refractivity (Wildman–Crippen MR) is 160 cm³/mol. The Labute approximate surface area is 239 Å². The molecule has 0 atom stereocenters. The number of carbonyl (C=O) groups excluding carboxylic acids is 1. The number of aromatic hydroxyl groups is 1. The highest BCUT2D eigenvalue weighted by Crippen LogP contribution is 2.46. The van der Waals surface area contributed by atoms with Crippen LogP contribution in [0.1, 0.15) is 33.8 Å². The average Bonchev–Trinajstić information content (AvgIpc) is 3.29. The Hall–Kier alpha value is -5.69. The minimum absolute atomic E-state index is 0.0288. The molecule has 0 bridgehead atoms. The molecule has 204 valence electrons. The molecule has 0 radical (unpaired) electrons. The first-order chi connectivity index (χ1) is 20.4. The standard InChI is InChI=1S/C35H23NO6/c37-20-10-13-27-31(16-20)42-32-17-21(38)11-14-28(32)34(27)26-12-9-19(15-30(26)35(40)41)36-33(39)18-29-24-7-3-1-5-22(24)23-6-2-4-8-25(23)29/h1-17,29,37H,18H2,(H,36,39)(H,40,41). The third-order valence-electron chi connectivity index (χ3n) is 7.83. The van der Waals surface area contributed by atoms with Crippen LogP contribution in [0.4, 0.5) is 5.69 Å². The molecule has 4 aromatic carbocycles. The van der Waals surface area contributed by atoms with Crippen molar-refractivity contribution in [1.29, 1.82) is 0 Å². The lowest BCUT2D eigenvalue weighted by molar-refractivity contribution is -0.116. The second-order valence-electron chi connectivity index (χ2n) is 10.4. The van der Waals surface area contributed by atoms with E-state index in [1.807, 2.05) is 36.4 Å². The number of amides is 1. The molecular formula is C35H23NO6. The van der Waals surface area contributed by atoms with Crippen molar-refractivity contribution in [3.63, 3.8) is 0 Å². The van der Waals surface area contributed by atoms with Crippen LogP contribution in [0.15, 0.2) is 112 Å². The molecule has 0 saturated heterocycles. The Bertz CT molecular complexity index is 2050. The zero-order valence-corrected chi connectivity index (χ0v) is 22.1. The Morgan fingerprint density at radius 2 is 1.45 bits per heavy atom. The minimum Gasteiger partial charge on any atom is -0.508 e. The first-order valence-electron chi connectivity index (χ1n) is 13.4. The summed E-state index contributed by atoms with van der Waals surface area (Å²) in [5.41, 5.74) is 6.26. The van der Waals surface area contributed by atoms with E-state index >= 15 is 0 Å². The highest BCUT2D eigenvalue weighted by atomic mass is 16.4. The molecule has 7 rings (SSSR count). The van der Waals surface area contributed by atoms with Crippen LogP contribution < -0.4 is 10.7 Å². The first kappa shape index (κ1) is 25.3. The van der Waals surface area contributed by atoms with Crippen LogP contribution >= 0.6 is 0 Å². The van der Waals surface area contributed by atoms with Crippen LogP contribution in [-0.2, 0) is 4.79 Å². The van der Waals surface area contributed by atoms with Crippen LogP contribution in [0.2, 0.25) is 0 Å². The highest BCUT2D eigenvalue weighted by Gasteiger charge is 2.30. The maximum Gasteiger partial charge on any atom is 0.336 e. The van der Waals surface area contributed by atoms with Crippen molar-refractivity contribution in [1.82, 2.24) is 0 Å². The maximum atomic E-state index is 13.3. The molecule has 0 spiro atoms. The lowest BCUT2D eigenvalue weighted by atomic mass is 9.90. The number of rotatable bonds is 5. The van der Waals surface area contributed by atoms with Gasteiger partial charge in [-0.15, -0.1) is 0 Å². The normalized spacial score (nSPS) is 12.3. The molecule has 1 aliphatic heterocycles. The van der Waals surface area contributed by atoms with Crippen LogP contribution in [0.5, 0.6) is 5.75 Å². The van der Waals surface area contributed by atoms with Gasteiger partial charge < -0.3 is 19.9 Å². The average molecular weight is 554 g/mol. The van der Waals surface area contributed by atoms with Crippen molar-refractivity contribution in [3.8, 4) is 39.3 Å². The number of aromatic carboxylic acids is 1. The van der Waals surface area contributed by atoms with Gasteiger partial charge in [-0.1, -0.05) is 54.6 Å². The molecule has 42 heavy (non-hydrogen) atoms. The predicted octanol–water partition coefficient (Wildman–Crippen LogP) is 7.11. The smallest absolute Gasteiger partial charge is 0.336 e. The number of carboxylic acid groups (broad SMARTS) is 1. The topological polar surface area (TPSA) is 117 Å². The SMILES string of the molecule is O=C(CC1c2ccccc2-c2ccccc21)Nc1ccc(-c2c3ccc(=O)cc-3oc3cc(O)ccc23)c(C(=O)O)c1. The second-order valence-corrected chi connectivity index (χ2v) is 10.4. The summed E-state index contributed by atoms with van der Waals surface area (Å²) in [6, 6.07) is 29.8. The summed E-state index contributed by atoms with van der Waals surface area (Å²) in [5, 5.41) is 23.7. The second kappa shape index (κ2) is 9.74. The number of anilines is 1. The number of benzene rings is 5. The molecule has 3 N–H and O–H groups in total. The van der Waals surface area contributed by atoms with E-state index in [9.17, 15) is 24.6 Å². The molecule has 1 heterocycles. The van der Waals surface area contributed by atoms with Gasteiger partial charge in [-0.2, -0.15) is 0 Å². The summed E-state index contributed by atoms with van der Waals surface area (Å²) in [6.45, 7) is 0. The summed E-state index contributed by atoms with van der Waals surface area (Å²) in [6.07, 6.45) is 0.203. The van der Waals surface area contributed by atoms with E-state index in [1.54, 1.807) is 24.3 Å². The Kier molecular flexibility index (Phi) is 5.87. The number of carbonyl (C=O) groups is 2. The summed E-state index contributed by atoms with van der Waals surface area (Å²) < 4.78 is 5.90. The van der Waals surface area contributed by atoms with Gasteiger partial charge in [0.05, 0.1) is 5.56 Å². The molecule has 7 nitrogen and oxygen atoms in total. The van der Waals surface area contributed by atoms with Gasteiger partial charge in [0.25, 0.3) is 0 Å². The molecule has 7 heteroatoms. The summed E-state index contributed by atoms with van der Waals surface area (Å²) >= 11 is 0. The van der Waals surface area contributed by atoms with Crippen LogP contribution in [0.3, 0.4) is 0 Å². The molecule has 0 aromatic heterocycles. The molecule has 0 unspecified atom stereocenters. The summed E-state index contributed by atoms with van der Waals surface area (Å²) in [7, 11) is 0. The molecule has 0 saturated carbocycles. The summed E-state index contributed by atoms with van der Waals surface area (Å²) in [4.78, 5) is 37.9. The van der Waals surface area contributed by atoms with Gasteiger partial charge in [0.15, 0.2) is 5.43 Å². The first-order valence-corrected chi connectivity index (χ1v) is 13.4. The Balaban J connectivity index is 1.27. The quantitative estimate of drug-likeness (QED) is 0.196. The van der Waals surface area contributed by atoms with Crippen LogP contribution in [-0.4, -0.2) is 22.1 Å². The number of phenols is 1. The fourth-order valence-electron chi connectivity index (χ4n) is 6.04. The molecular weight excluding hydrogens is 530 g/mol. The molecule has 4 aromatic rings. The van der Waals surface area contributed by atoms with Gasteiger partial charge in [0.1, 0.15) is 17.1 Å². The number of phenolic OH excluding ortho intramolecular Hbond substituents is 1. The van der Waals surface area contributed by atoms with Crippen molar-refractivity contribution < 1.29 is 24.2 Å². The van der Waals surface area contributed by atoms with Gasteiger partial charge in [0, 0.05) is 46.7 Å². The Morgan fingerprint density at radius 3 is 2.17 bits per heavy atom. The van der Waals surface area contributed by atoms with E-state index in [0.29, 0.717) is 33.3 Å². The third kappa shape index (κ3) is 4.19. The van der Waals surface area contributed by atoms with Crippen LogP contribution in [0, 0.1) is 0 Å². The third-order valence-corrected chi connectivity index (χ3v) is 7.83. The van der Waals surface area contributed by atoms with Crippen molar-refractivity contribution in [2.24, 2.45) is 0 Å². The molecule has 1 amide bonds. The van der Waals surface area contributed by atoms with Gasteiger partial charge in [0.2, 0.25) is 5.91 Å². The van der Waals surface area contributed by atoms with Crippen molar-refractivity contribution in [2.75, 3.05) is 5.32 Å². The monoisotopic (exact) mass is 553 g/mol. The van der Waals surface area contributed by atoms with Gasteiger partial charge in [-0.3, -0.25) is 9.59 Å². The fraction of sp³-hybridized carbons (Fsp3) is 0.0571. The lowest BCUT2D eigenvalue weighted by Crippen LogP contribution is -2.16. The number of nitrogens with one attached hydrogen (secondary N) is 1. The van der Waals surface area contributed by atoms with Crippen molar-refractivity contribution >= 4 is 28.5 Å². The zero-order valence-electron chi connectivity index (χ0n) is 22.1. The molecule has 3 aliphatic rings. The molecule has 0 fully saturated rings. The van der Waals surface area contributed by atoms with E-state index in [4.69, 9.17) is 4.42 Å². The number of hydrogen-bond acceptors (Lipinski definition) is 5. The van der Waals surface area contributed by atoms with E-state index < -0.39 is 5.97 Å². The van der Waals surface area contributed by atoms with E-state index in [-0.39, 0.29) is 40.7 Å². The summed E-state index contributed by atoms with van der Waals surface area (Å²) in [5.74, 6) is -1.28. The van der Waals surface area contributed by atoms with Gasteiger partial charge in [-0.05, 0) is 64.2 Å². The van der Waals surface area contributed by atoms with E-state index in [0.717, 1.165) is 22.3 Å². The lowest BCUT2D eigenvalue weighted by Gasteiger charge is -2.18. The molecule has 2 aliphatic carbocycles. The number of carboxylic acids is 1. The van der Waals surface area contributed by atoms with Crippen LogP contribution in [0.25, 0.3) is 44.5 Å². The fourth-order valence-corrected chi connectivity index (χ4v) is 6.04. The Morgan fingerprint density at radius 1 is 0.762 bits per heavy atom. The van der Waals surface area contributed by atoms with Gasteiger partial charge in [-0.25, -0.2) is 4.79 Å². The highest BCUT2D eigenvalue weighted by molar-refractivity contribution is 6.08. The number of fused-ring (bicyclic) bond motifs is 5. The largest absolute Gasteiger partial charge is 0.508 e. The van der Waals surface area contributed by atoms with E-state index in [2.05, 4.69) is 17.4 Å². The number of hydrogen-bond donors (Lipinski definition) is 3. The van der Waals surface area contributed by atoms with Crippen molar-refractivity contribution in [3.05, 3.63) is 130 Å². The zero-order chi connectivity index (χ0) is 29.0. The minimum atomic E-state index is -1.18. The van der Waals surface area contributed by atoms with Crippen molar-refractivity contribution in [2.45, 2.75) is 12.3 Å².